The Morgan fingerprint density at radius 2 is 2.15 bits per heavy atom. The molecule has 0 unspecified atom stereocenters. The minimum Gasteiger partial charge on any atom is -0.497 e. The van der Waals surface area contributed by atoms with Crippen LogP contribution in [0, 0.1) is 0 Å². The molecule has 1 aromatic rings. The topological polar surface area (TPSA) is 60.3 Å². The molecule has 0 radical (unpaired) electrons. The van der Waals surface area contributed by atoms with Crippen molar-refractivity contribution in [2.24, 2.45) is 0 Å². The number of quaternary nitrogens is 1. The SMILES string of the molecule is COc1cccc(/C=C2\SC(=S)N(CCC(=O)OCC[NH+](C)C)C2=O)c1. The van der Waals surface area contributed by atoms with E-state index in [-0.39, 0.29) is 24.8 Å². The van der Waals surface area contributed by atoms with Gasteiger partial charge in [-0.3, -0.25) is 14.5 Å². The van der Waals surface area contributed by atoms with Crippen LogP contribution in [0.1, 0.15) is 12.0 Å². The van der Waals surface area contributed by atoms with E-state index in [1.54, 1.807) is 13.2 Å². The van der Waals surface area contributed by atoms with Gasteiger partial charge in [0.25, 0.3) is 5.91 Å². The molecule has 1 heterocycles. The van der Waals surface area contributed by atoms with Crippen molar-refractivity contribution in [3.8, 4) is 5.75 Å². The third-order valence-electron chi connectivity index (χ3n) is 3.67. The number of thioether (sulfide) groups is 1. The average Bonchev–Trinajstić information content (AvgIpc) is 2.86. The molecule has 0 aromatic heterocycles. The second-order valence-electron chi connectivity index (χ2n) is 6.04. The maximum Gasteiger partial charge on any atom is 0.307 e. The third kappa shape index (κ3) is 5.82. The van der Waals surface area contributed by atoms with Crippen molar-refractivity contribution in [3.63, 3.8) is 0 Å². The van der Waals surface area contributed by atoms with Gasteiger partial charge in [-0.2, -0.15) is 0 Å². The molecule has 2 rings (SSSR count). The smallest absolute Gasteiger partial charge is 0.307 e. The first-order valence-electron chi connectivity index (χ1n) is 8.25. The summed E-state index contributed by atoms with van der Waals surface area (Å²) in [5.74, 6) is 0.210. The summed E-state index contributed by atoms with van der Waals surface area (Å²) in [5.41, 5.74) is 0.857. The lowest BCUT2D eigenvalue weighted by molar-refractivity contribution is -0.858. The molecule has 8 heteroatoms. The number of nitrogens with one attached hydrogen (secondary N) is 1. The highest BCUT2D eigenvalue weighted by molar-refractivity contribution is 8.26. The molecule has 0 aliphatic carbocycles. The van der Waals surface area contributed by atoms with E-state index in [0.29, 0.717) is 15.8 Å². The zero-order valence-electron chi connectivity index (χ0n) is 15.1. The number of amides is 1. The molecule has 1 fully saturated rings. The van der Waals surface area contributed by atoms with Crippen LogP contribution in [0.15, 0.2) is 29.2 Å². The number of benzene rings is 1. The summed E-state index contributed by atoms with van der Waals surface area (Å²) in [6, 6.07) is 7.43. The van der Waals surface area contributed by atoms with Gasteiger partial charge in [0.05, 0.1) is 32.5 Å². The number of carbonyl (C=O) groups excluding carboxylic acids is 2. The zero-order chi connectivity index (χ0) is 19.1. The Morgan fingerprint density at radius 3 is 2.85 bits per heavy atom. The van der Waals surface area contributed by atoms with Gasteiger partial charge in [0.2, 0.25) is 0 Å². The lowest BCUT2D eigenvalue weighted by Gasteiger charge is -2.14. The predicted octanol–water partition coefficient (Wildman–Crippen LogP) is 0.974. The number of nitrogens with zero attached hydrogens (tertiary/aromatic N) is 1. The number of thiocarbonyl (C=S) groups is 1. The molecule has 1 saturated heterocycles. The minimum atomic E-state index is -0.322. The number of hydrogen-bond donors (Lipinski definition) is 1. The van der Waals surface area contributed by atoms with Crippen molar-refractivity contribution in [1.82, 2.24) is 4.90 Å². The standard InChI is InChI=1S/C18H22N2O4S2/c1-19(2)9-10-24-16(21)7-8-20-17(22)15(26-18(20)25)12-13-5-4-6-14(11-13)23-3/h4-6,11-12H,7-10H2,1-3H3/p+1/b15-12-. The summed E-state index contributed by atoms with van der Waals surface area (Å²) in [6.45, 7) is 1.35. The molecule has 6 nitrogen and oxygen atoms in total. The van der Waals surface area contributed by atoms with Crippen LogP contribution in [-0.2, 0) is 14.3 Å². The number of likely N-dealkylation sites (N-methyl/N-ethyl adjacent to an activating group) is 1. The number of carbonyl (C=O) groups is 2. The maximum atomic E-state index is 12.6. The van der Waals surface area contributed by atoms with Gasteiger partial charge < -0.3 is 14.4 Å². The Bertz CT molecular complexity index is 719. The summed E-state index contributed by atoms with van der Waals surface area (Å²) < 4.78 is 10.8. The molecule has 0 saturated carbocycles. The van der Waals surface area contributed by atoms with E-state index in [2.05, 4.69) is 0 Å². The monoisotopic (exact) mass is 395 g/mol. The Morgan fingerprint density at radius 1 is 1.38 bits per heavy atom. The second-order valence-corrected chi connectivity index (χ2v) is 7.71. The Balaban J connectivity index is 1.93. The van der Waals surface area contributed by atoms with Gasteiger partial charge in [-0.05, 0) is 23.8 Å². The fraction of sp³-hybridized carbons (Fsp3) is 0.389. The van der Waals surface area contributed by atoms with Gasteiger partial charge in [-0.15, -0.1) is 0 Å². The number of ether oxygens (including phenoxy) is 2. The first-order valence-corrected chi connectivity index (χ1v) is 9.47. The molecule has 140 valence electrons. The highest BCUT2D eigenvalue weighted by atomic mass is 32.2. The van der Waals surface area contributed by atoms with E-state index >= 15 is 0 Å². The van der Waals surface area contributed by atoms with Crippen LogP contribution >= 0.6 is 24.0 Å². The normalized spacial score (nSPS) is 15.8. The van der Waals surface area contributed by atoms with Crippen molar-refractivity contribution in [2.75, 3.05) is 40.9 Å². The van der Waals surface area contributed by atoms with Crippen LogP contribution in [0.5, 0.6) is 5.75 Å². The van der Waals surface area contributed by atoms with Crippen molar-refractivity contribution < 1.29 is 24.0 Å². The quantitative estimate of drug-likeness (QED) is 0.402. The first kappa shape index (κ1) is 20.4. The van der Waals surface area contributed by atoms with Crippen molar-refractivity contribution in [3.05, 3.63) is 34.7 Å². The van der Waals surface area contributed by atoms with E-state index in [1.807, 2.05) is 38.4 Å². The summed E-state index contributed by atoms with van der Waals surface area (Å²) >= 11 is 6.52. The van der Waals surface area contributed by atoms with E-state index < -0.39 is 0 Å². The number of methoxy groups -OCH3 is 1. The first-order chi connectivity index (χ1) is 12.4. The Kier molecular flexibility index (Phi) is 7.62. The maximum absolute atomic E-state index is 12.6. The van der Waals surface area contributed by atoms with Gasteiger partial charge in [0, 0.05) is 6.54 Å². The highest BCUT2D eigenvalue weighted by Crippen LogP contribution is 2.33. The summed E-state index contributed by atoms with van der Waals surface area (Å²) in [7, 11) is 5.57. The largest absolute Gasteiger partial charge is 0.497 e. The fourth-order valence-corrected chi connectivity index (χ4v) is 3.53. The van der Waals surface area contributed by atoms with E-state index in [4.69, 9.17) is 21.7 Å². The van der Waals surface area contributed by atoms with Gasteiger partial charge in [0.15, 0.2) is 0 Å². The summed E-state index contributed by atoms with van der Waals surface area (Å²) in [4.78, 5) is 27.5. The van der Waals surface area contributed by atoms with Crippen molar-refractivity contribution in [2.45, 2.75) is 6.42 Å². The molecule has 0 bridgehead atoms. The minimum absolute atomic E-state index is 0.127. The lowest BCUT2D eigenvalue weighted by atomic mass is 10.2. The second kappa shape index (κ2) is 9.70. The van der Waals surface area contributed by atoms with Gasteiger partial charge in [0.1, 0.15) is 23.2 Å². The molecular formula is C18H23N2O4S2+. The highest BCUT2D eigenvalue weighted by Gasteiger charge is 2.32. The van der Waals surface area contributed by atoms with Crippen LogP contribution in [0.4, 0.5) is 0 Å². The van der Waals surface area contributed by atoms with Crippen LogP contribution < -0.4 is 9.64 Å². The van der Waals surface area contributed by atoms with E-state index in [1.165, 1.54) is 21.6 Å². The number of hydrogen-bond acceptors (Lipinski definition) is 6. The molecule has 1 aliphatic rings. The van der Waals surface area contributed by atoms with Crippen LogP contribution in [0.25, 0.3) is 6.08 Å². The fourth-order valence-electron chi connectivity index (χ4n) is 2.22. The molecule has 1 aromatic carbocycles. The molecule has 1 amide bonds. The average molecular weight is 396 g/mol. The van der Waals surface area contributed by atoms with Crippen molar-refractivity contribution in [1.29, 1.82) is 0 Å². The molecular weight excluding hydrogens is 372 g/mol. The van der Waals surface area contributed by atoms with Crippen LogP contribution in [-0.4, -0.2) is 62.0 Å². The molecule has 1 aliphatic heterocycles. The number of esters is 1. The van der Waals surface area contributed by atoms with E-state index in [0.717, 1.165) is 17.9 Å². The van der Waals surface area contributed by atoms with Gasteiger partial charge in [-0.25, -0.2) is 0 Å². The molecule has 0 atom stereocenters. The lowest BCUT2D eigenvalue weighted by Crippen LogP contribution is -3.06. The zero-order valence-corrected chi connectivity index (χ0v) is 16.7. The van der Waals surface area contributed by atoms with Gasteiger partial charge >= 0.3 is 5.97 Å². The van der Waals surface area contributed by atoms with E-state index in [9.17, 15) is 9.59 Å². The Labute approximate surface area is 163 Å². The Hall–Kier alpha value is -1.90. The summed E-state index contributed by atoms with van der Waals surface area (Å²) in [5, 5.41) is 0. The molecule has 0 spiro atoms. The van der Waals surface area contributed by atoms with Crippen LogP contribution in [0.3, 0.4) is 0 Å². The predicted molar refractivity (Wildman–Crippen MR) is 106 cm³/mol. The summed E-state index contributed by atoms with van der Waals surface area (Å²) in [6.07, 6.45) is 1.90. The third-order valence-corrected chi connectivity index (χ3v) is 5.05. The van der Waals surface area contributed by atoms with Crippen LogP contribution in [0.2, 0.25) is 0 Å². The molecule has 26 heavy (non-hydrogen) atoms. The van der Waals surface area contributed by atoms with Crippen molar-refractivity contribution >= 4 is 46.3 Å². The molecule has 1 N–H and O–H groups in total. The number of rotatable bonds is 8. The van der Waals surface area contributed by atoms with Gasteiger partial charge in [-0.1, -0.05) is 36.1 Å².